The number of hydrogen-bond donors (Lipinski definition) is 2. The molecule has 0 atom stereocenters. The molecule has 0 heterocycles. The van der Waals surface area contributed by atoms with Crippen molar-refractivity contribution in [3.63, 3.8) is 0 Å². The molecular weight excluding hydrogens is 367 g/mol. The fourth-order valence-electron chi connectivity index (χ4n) is 2.64. The van der Waals surface area contributed by atoms with Crippen LogP contribution in [0.4, 0.5) is 0 Å². The second kappa shape index (κ2) is 10.2. The molecule has 2 N–H and O–H groups in total. The molecule has 0 radical (unpaired) electrons. The van der Waals surface area contributed by atoms with E-state index in [2.05, 4.69) is 10.6 Å². The first-order chi connectivity index (χ1) is 11.5. The van der Waals surface area contributed by atoms with E-state index in [9.17, 15) is 9.59 Å². The lowest BCUT2D eigenvalue weighted by molar-refractivity contribution is -0.122. The van der Waals surface area contributed by atoms with Crippen LogP contribution < -0.4 is 10.6 Å². The summed E-state index contributed by atoms with van der Waals surface area (Å²) in [5, 5.41) is 6.95. The Morgan fingerprint density at radius 1 is 1.12 bits per heavy atom. The lowest BCUT2D eigenvalue weighted by Crippen LogP contribution is -2.38. The minimum Gasteiger partial charge on any atom is -0.355 e. The number of rotatable bonds is 7. The highest BCUT2D eigenvalue weighted by molar-refractivity contribution is 8.00. The van der Waals surface area contributed by atoms with Gasteiger partial charge in [0.2, 0.25) is 11.8 Å². The maximum atomic E-state index is 11.9. The minimum atomic E-state index is -0.124. The van der Waals surface area contributed by atoms with Crippen LogP contribution in [0.2, 0.25) is 10.0 Å². The first kappa shape index (κ1) is 19.4. The van der Waals surface area contributed by atoms with Gasteiger partial charge in [-0.2, -0.15) is 0 Å². The molecule has 1 aromatic rings. The number of amides is 2. The van der Waals surface area contributed by atoms with Gasteiger partial charge in [0.1, 0.15) is 0 Å². The van der Waals surface area contributed by atoms with Crippen LogP contribution in [0.3, 0.4) is 0 Å². The predicted molar refractivity (Wildman–Crippen MR) is 99.8 cm³/mol. The van der Waals surface area contributed by atoms with Crippen molar-refractivity contribution in [2.24, 2.45) is 0 Å². The van der Waals surface area contributed by atoms with E-state index >= 15 is 0 Å². The zero-order valence-electron chi connectivity index (χ0n) is 13.4. The molecule has 0 bridgehead atoms. The van der Waals surface area contributed by atoms with Crippen LogP contribution in [0.1, 0.15) is 38.5 Å². The van der Waals surface area contributed by atoms with Gasteiger partial charge in [-0.1, -0.05) is 42.5 Å². The summed E-state index contributed by atoms with van der Waals surface area (Å²) in [6.45, 7) is 0.348. The van der Waals surface area contributed by atoms with Gasteiger partial charge in [0.25, 0.3) is 0 Å². The van der Waals surface area contributed by atoms with Gasteiger partial charge in [-0.05, 0) is 31.0 Å². The van der Waals surface area contributed by atoms with Gasteiger partial charge in [-0.15, -0.1) is 11.8 Å². The maximum absolute atomic E-state index is 11.9. The summed E-state index contributed by atoms with van der Waals surface area (Å²) in [6.07, 6.45) is 6.07. The molecule has 0 aromatic heterocycles. The lowest BCUT2D eigenvalue weighted by Gasteiger charge is -2.22. The quantitative estimate of drug-likeness (QED) is 0.692. The van der Waals surface area contributed by atoms with Crippen LogP contribution in [-0.2, 0) is 9.59 Å². The summed E-state index contributed by atoms with van der Waals surface area (Å²) in [6, 6.07) is 5.46. The zero-order chi connectivity index (χ0) is 17.4. The fraction of sp³-hybridized carbons (Fsp3) is 0.529. The Labute approximate surface area is 157 Å². The molecule has 24 heavy (non-hydrogen) atoms. The highest BCUT2D eigenvalue weighted by atomic mass is 35.5. The average molecular weight is 389 g/mol. The van der Waals surface area contributed by atoms with Crippen molar-refractivity contribution in [2.75, 3.05) is 12.3 Å². The molecule has 2 rings (SSSR count). The van der Waals surface area contributed by atoms with Crippen molar-refractivity contribution >= 4 is 46.8 Å². The minimum absolute atomic E-state index is 0.00717. The number of hydrogen-bond acceptors (Lipinski definition) is 3. The molecule has 0 spiro atoms. The average Bonchev–Trinajstić information content (AvgIpc) is 2.56. The van der Waals surface area contributed by atoms with Gasteiger partial charge >= 0.3 is 0 Å². The van der Waals surface area contributed by atoms with E-state index < -0.39 is 0 Å². The van der Waals surface area contributed by atoms with Crippen molar-refractivity contribution in [3.05, 3.63) is 28.2 Å². The van der Waals surface area contributed by atoms with Crippen LogP contribution >= 0.6 is 35.0 Å². The van der Waals surface area contributed by atoms with Gasteiger partial charge in [-0.3, -0.25) is 9.59 Å². The number of thioether (sulfide) groups is 1. The Balaban J connectivity index is 1.62. The summed E-state index contributed by atoms with van der Waals surface area (Å²) >= 11 is 13.3. The number of carbonyl (C=O) groups excluding carboxylic acids is 2. The third-order valence-electron chi connectivity index (χ3n) is 3.90. The molecule has 0 unspecified atom stereocenters. The molecule has 0 saturated heterocycles. The monoisotopic (exact) mass is 388 g/mol. The van der Waals surface area contributed by atoms with E-state index in [1.165, 1.54) is 31.0 Å². The summed E-state index contributed by atoms with van der Waals surface area (Å²) in [5.41, 5.74) is 0. The standard InChI is InChI=1S/C17H22Cl2N2O2S/c18-12-6-7-14(19)15(10-12)24-11-17(23)20-9-8-16(22)21-13-4-2-1-3-5-13/h6-7,10,13H,1-5,8-9,11H2,(H,20,23)(H,21,22). The summed E-state index contributed by atoms with van der Waals surface area (Å²) in [4.78, 5) is 24.5. The Kier molecular flexibility index (Phi) is 8.22. The number of carbonyl (C=O) groups is 2. The van der Waals surface area contributed by atoms with Gasteiger partial charge in [0.05, 0.1) is 10.8 Å². The number of benzene rings is 1. The molecule has 1 fully saturated rings. The normalized spacial score (nSPS) is 15.1. The molecule has 2 amide bonds. The largest absolute Gasteiger partial charge is 0.355 e. The predicted octanol–water partition coefficient (Wildman–Crippen LogP) is 4.04. The summed E-state index contributed by atoms with van der Waals surface area (Å²) in [5.74, 6) is 0.124. The van der Waals surface area contributed by atoms with Gasteiger partial charge in [0.15, 0.2) is 0 Å². The molecular formula is C17H22Cl2N2O2S. The van der Waals surface area contributed by atoms with Crippen LogP contribution in [0.5, 0.6) is 0 Å². The van der Waals surface area contributed by atoms with Crippen LogP contribution in [0.15, 0.2) is 23.1 Å². The summed E-state index contributed by atoms with van der Waals surface area (Å²) in [7, 11) is 0. The molecule has 1 aliphatic carbocycles. The van der Waals surface area contributed by atoms with Crippen LogP contribution in [-0.4, -0.2) is 30.2 Å². The highest BCUT2D eigenvalue weighted by Crippen LogP contribution is 2.29. The van der Waals surface area contributed by atoms with Crippen molar-refractivity contribution in [3.8, 4) is 0 Å². The van der Waals surface area contributed by atoms with E-state index in [1.54, 1.807) is 18.2 Å². The van der Waals surface area contributed by atoms with Crippen molar-refractivity contribution in [1.82, 2.24) is 10.6 Å². The van der Waals surface area contributed by atoms with Crippen molar-refractivity contribution in [2.45, 2.75) is 49.5 Å². The molecule has 4 nitrogen and oxygen atoms in total. The number of halogens is 2. The van der Waals surface area contributed by atoms with Crippen LogP contribution in [0, 0.1) is 0 Å². The van der Waals surface area contributed by atoms with E-state index in [0.29, 0.717) is 29.1 Å². The van der Waals surface area contributed by atoms with Crippen LogP contribution in [0.25, 0.3) is 0 Å². The van der Waals surface area contributed by atoms with Crippen molar-refractivity contribution < 1.29 is 9.59 Å². The smallest absolute Gasteiger partial charge is 0.230 e. The molecule has 132 valence electrons. The number of nitrogens with one attached hydrogen (secondary N) is 2. The molecule has 1 saturated carbocycles. The molecule has 7 heteroatoms. The lowest BCUT2D eigenvalue weighted by atomic mass is 9.95. The molecule has 1 aliphatic rings. The molecule has 0 aliphatic heterocycles. The summed E-state index contributed by atoms with van der Waals surface area (Å²) < 4.78 is 0. The van der Waals surface area contributed by atoms with Gasteiger partial charge < -0.3 is 10.6 Å². The fourth-order valence-corrected chi connectivity index (χ4v) is 3.97. The van der Waals surface area contributed by atoms with Gasteiger partial charge in [-0.25, -0.2) is 0 Å². The van der Waals surface area contributed by atoms with Crippen molar-refractivity contribution in [1.29, 1.82) is 0 Å². The van der Waals surface area contributed by atoms with E-state index in [1.807, 2.05) is 0 Å². The second-order valence-electron chi connectivity index (χ2n) is 5.87. The van der Waals surface area contributed by atoms with E-state index in [4.69, 9.17) is 23.2 Å². The third kappa shape index (κ3) is 6.91. The topological polar surface area (TPSA) is 58.2 Å². The molecule has 1 aromatic carbocycles. The SMILES string of the molecule is O=C(CSc1cc(Cl)ccc1Cl)NCCC(=O)NC1CCCCC1. The van der Waals surface area contributed by atoms with E-state index in [0.717, 1.165) is 17.7 Å². The Hall–Kier alpha value is -0.910. The Morgan fingerprint density at radius 2 is 1.88 bits per heavy atom. The van der Waals surface area contributed by atoms with E-state index in [-0.39, 0.29) is 17.6 Å². The maximum Gasteiger partial charge on any atom is 0.230 e. The highest BCUT2D eigenvalue weighted by Gasteiger charge is 2.15. The first-order valence-electron chi connectivity index (χ1n) is 8.18. The second-order valence-corrected chi connectivity index (χ2v) is 7.73. The first-order valence-corrected chi connectivity index (χ1v) is 9.92. The third-order valence-corrected chi connectivity index (χ3v) is 5.63. The Morgan fingerprint density at radius 3 is 2.62 bits per heavy atom. The van der Waals surface area contributed by atoms with Gasteiger partial charge in [0, 0.05) is 28.9 Å². The zero-order valence-corrected chi connectivity index (χ0v) is 15.8. The Bertz CT molecular complexity index is 578.